The van der Waals surface area contributed by atoms with E-state index in [2.05, 4.69) is 10.3 Å². The smallest absolute Gasteiger partial charge is 0.262 e. The van der Waals surface area contributed by atoms with Gasteiger partial charge in [0, 0.05) is 22.7 Å². The van der Waals surface area contributed by atoms with Crippen LogP contribution in [0.1, 0.15) is 24.1 Å². The van der Waals surface area contributed by atoms with E-state index in [9.17, 15) is 10.1 Å². The summed E-state index contributed by atoms with van der Waals surface area (Å²) in [5.41, 5.74) is 2.88. The highest BCUT2D eigenvalue weighted by atomic mass is 16.1. The first kappa shape index (κ1) is 15.6. The van der Waals surface area contributed by atoms with E-state index >= 15 is 0 Å². The molecule has 3 aromatic rings. The molecule has 2 aromatic carbocycles. The third-order valence-electron chi connectivity index (χ3n) is 3.93. The van der Waals surface area contributed by atoms with Crippen molar-refractivity contribution in [1.29, 1.82) is 5.26 Å². The summed E-state index contributed by atoms with van der Waals surface area (Å²) in [7, 11) is 0. The molecule has 0 radical (unpaired) electrons. The second-order valence-electron chi connectivity index (χ2n) is 5.57. The van der Waals surface area contributed by atoms with Gasteiger partial charge >= 0.3 is 0 Å². The molecule has 0 fully saturated rings. The fraction of sp³-hybridized carbons (Fsp3) is 0.100. The van der Waals surface area contributed by atoms with Gasteiger partial charge in [-0.25, -0.2) is 0 Å². The van der Waals surface area contributed by atoms with Gasteiger partial charge in [0.2, 0.25) is 0 Å². The molecule has 1 amide bonds. The summed E-state index contributed by atoms with van der Waals surface area (Å²) in [6.07, 6.45) is 3.42. The number of nitrogens with zero attached hydrogens (tertiary/aromatic N) is 1. The van der Waals surface area contributed by atoms with Crippen LogP contribution in [0.2, 0.25) is 0 Å². The van der Waals surface area contributed by atoms with E-state index < -0.39 is 0 Å². The summed E-state index contributed by atoms with van der Waals surface area (Å²) in [5, 5.41) is 13.2. The van der Waals surface area contributed by atoms with Crippen molar-refractivity contribution >= 4 is 22.9 Å². The first-order valence-corrected chi connectivity index (χ1v) is 7.73. The lowest BCUT2D eigenvalue weighted by molar-refractivity contribution is -0.117. The lowest BCUT2D eigenvalue weighted by Crippen LogP contribution is -2.27. The molecule has 3 rings (SSSR count). The molecule has 1 atom stereocenters. The summed E-state index contributed by atoms with van der Waals surface area (Å²) in [6.45, 7) is 1.90. The highest BCUT2D eigenvalue weighted by Crippen LogP contribution is 2.20. The molecule has 0 aliphatic rings. The van der Waals surface area contributed by atoms with E-state index in [0.29, 0.717) is 0 Å². The Balaban J connectivity index is 1.83. The van der Waals surface area contributed by atoms with E-state index in [1.165, 1.54) is 0 Å². The van der Waals surface area contributed by atoms with Gasteiger partial charge in [-0.3, -0.25) is 4.79 Å². The van der Waals surface area contributed by atoms with Crippen LogP contribution < -0.4 is 5.32 Å². The van der Waals surface area contributed by atoms with Crippen molar-refractivity contribution in [3.8, 4) is 6.07 Å². The van der Waals surface area contributed by atoms with Crippen LogP contribution >= 0.6 is 0 Å². The zero-order valence-corrected chi connectivity index (χ0v) is 13.3. The van der Waals surface area contributed by atoms with E-state index in [1.807, 2.05) is 67.6 Å². The molecule has 1 heterocycles. The molecule has 0 saturated heterocycles. The number of benzene rings is 2. The molecule has 0 aliphatic heterocycles. The third kappa shape index (κ3) is 3.21. The van der Waals surface area contributed by atoms with Crippen LogP contribution in [0.3, 0.4) is 0 Å². The molecule has 0 aliphatic carbocycles. The zero-order valence-electron chi connectivity index (χ0n) is 13.3. The van der Waals surface area contributed by atoms with Crippen LogP contribution in [0.4, 0.5) is 0 Å². The zero-order chi connectivity index (χ0) is 16.9. The van der Waals surface area contributed by atoms with E-state index in [1.54, 1.807) is 12.3 Å². The molecule has 0 saturated carbocycles. The molecule has 1 unspecified atom stereocenters. The number of aromatic nitrogens is 1. The first-order chi connectivity index (χ1) is 11.7. The molecule has 4 nitrogen and oxygen atoms in total. The summed E-state index contributed by atoms with van der Waals surface area (Å²) in [4.78, 5) is 15.5. The highest BCUT2D eigenvalue weighted by molar-refractivity contribution is 6.04. The Kier molecular flexibility index (Phi) is 4.44. The van der Waals surface area contributed by atoms with Gasteiger partial charge in [-0.2, -0.15) is 5.26 Å². The van der Waals surface area contributed by atoms with E-state index in [4.69, 9.17) is 0 Å². The summed E-state index contributed by atoms with van der Waals surface area (Å²) >= 11 is 0. The van der Waals surface area contributed by atoms with Crippen molar-refractivity contribution in [3.05, 3.63) is 77.5 Å². The predicted molar refractivity (Wildman–Crippen MR) is 94.9 cm³/mol. The molecule has 2 N–H and O–H groups in total. The minimum Gasteiger partial charge on any atom is -0.361 e. The van der Waals surface area contributed by atoms with Crippen LogP contribution in [0.5, 0.6) is 0 Å². The minimum absolute atomic E-state index is 0.0857. The van der Waals surface area contributed by atoms with E-state index in [0.717, 1.165) is 22.0 Å². The van der Waals surface area contributed by atoms with Crippen molar-refractivity contribution in [1.82, 2.24) is 10.3 Å². The second kappa shape index (κ2) is 6.84. The SMILES string of the molecule is CC(NC(=O)/C(C#N)=C/c1c[nH]c2ccccc12)c1ccccc1. The van der Waals surface area contributed by atoms with Crippen LogP contribution in [0.25, 0.3) is 17.0 Å². The van der Waals surface area contributed by atoms with Crippen LogP contribution in [0.15, 0.2) is 66.4 Å². The van der Waals surface area contributed by atoms with Crippen molar-refractivity contribution < 1.29 is 4.79 Å². The average Bonchev–Trinajstić information content (AvgIpc) is 3.03. The third-order valence-corrected chi connectivity index (χ3v) is 3.93. The quantitative estimate of drug-likeness (QED) is 0.565. The second-order valence-corrected chi connectivity index (χ2v) is 5.57. The summed E-state index contributed by atoms with van der Waals surface area (Å²) in [5.74, 6) is -0.376. The number of nitriles is 1. The average molecular weight is 315 g/mol. The Hall–Kier alpha value is -3.32. The topological polar surface area (TPSA) is 68.7 Å². The van der Waals surface area contributed by atoms with Crippen molar-refractivity contribution in [3.63, 3.8) is 0 Å². The number of nitrogens with one attached hydrogen (secondary N) is 2. The monoisotopic (exact) mass is 315 g/mol. The number of para-hydroxylation sites is 1. The van der Waals surface area contributed by atoms with Crippen LogP contribution in [0, 0.1) is 11.3 Å². The molecule has 24 heavy (non-hydrogen) atoms. The summed E-state index contributed by atoms with van der Waals surface area (Å²) < 4.78 is 0. The number of carbonyl (C=O) groups is 1. The lowest BCUT2D eigenvalue weighted by atomic mass is 10.1. The molecule has 0 bridgehead atoms. The number of aromatic amines is 1. The molecule has 4 heteroatoms. The standard InChI is InChI=1S/C20H17N3O/c1-14(15-7-3-2-4-8-15)23-20(24)16(12-21)11-17-13-22-19-10-6-5-9-18(17)19/h2-11,13-14,22H,1H3,(H,23,24)/b16-11+. The van der Waals surface area contributed by atoms with Crippen LogP contribution in [-0.2, 0) is 4.79 Å². The van der Waals surface area contributed by atoms with Gasteiger partial charge in [0.25, 0.3) is 5.91 Å². The maximum absolute atomic E-state index is 12.4. The fourth-order valence-corrected chi connectivity index (χ4v) is 2.62. The number of amides is 1. The van der Waals surface area contributed by atoms with Gasteiger partial charge in [-0.1, -0.05) is 48.5 Å². The molecular formula is C20H17N3O. The predicted octanol–water partition coefficient (Wildman–Crippen LogP) is 3.95. The molecule has 0 spiro atoms. The number of carbonyl (C=O) groups excluding carboxylic acids is 1. The van der Waals surface area contributed by atoms with Gasteiger partial charge in [0.15, 0.2) is 0 Å². The number of H-pyrrole nitrogens is 1. The lowest BCUT2D eigenvalue weighted by Gasteiger charge is -2.13. The van der Waals surface area contributed by atoms with Gasteiger partial charge in [-0.15, -0.1) is 0 Å². The van der Waals surface area contributed by atoms with Crippen molar-refractivity contribution in [2.75, 3.05) is 0 Å². The number of hydrogen-bond acceptors (Lipinski definition) is 2. The Morgan fingerprint density at radius 1 is 1.17 bits per heavy atom. The fourth-order valence-electron chi connectivity index (χ4n) is 2.62. The van der Waals surface area contributed by atoms with Gasteiger partial charge in [0.1, 0.15) is 11.6 Å². The van der Waals surface area contributed by atoms with Crippen LogP contribution in [-0.4, -0.2) is 10.9 Å². The molecule has 118 valence electrons. The van der Waals surface area contributed by atoms with Gasteiger partial charge < -0.3 is 10.3 Å². The first-order valence-electron chi connectivity index (χ1n) is 7.73. The molecule has 1 aromatic heterocycles. The van der Waals surface area contributed by atoms with Gasteiger partial charge in [0.05, 0.1) is 6.04 Å². The van der Waals surface area contributed by atoms with Crippen molar-refractivity contribution in [2.45, 2.75) is 13.0 Å². The summed E-state index contributed by atoms with van der Waals surface area (Å²) in [6, 6.07) is 19.3. The van der Waals surface area contributed by atoms with E-state index in [-0.39, 0.29) is 17.5 Å². The highest BCUT2D eigenvalue weighted by Gasteiger charge is 2.14. The number of hydrogen-bond donors (Lipinski definition) is 2. The van der Waals surface area contributed by atoms with Crippen molar-refractivity contribution in [2.24, 2.45) is 0 Å². The normalized spacial score (nSPS) is 12.6. The van der Waals surface area contributed by atoms with Gasteiger partial charge in [-0.05, 0) is 24.6 Å². The maximum Gasteiger partial charge on any atom is 0.262 e. The number of fused-ring (bicyclic) bond motifs is 1. The largest absolute Gasteiger partial charge is 0.361 e. The minimum atomic E-state index is -0.376. The number of rotatable bonds is 4. The Labute approximate surface area is 140 Å². The Morgan fingerprint density at radius 3 is 2.62 bits per heavy atom. The Morgan fingerprint density at radius 2 is 1.88 bits per heavy atom. The Bertz CT molecular complexity index is 932. The molecular weight excluding hydrogens is 298 g/mol. The maximum atomic E-state index is 12.4.